The van der Waals surface area contributed by atoms with E-state index in [0.717, 1.165) is 108 Å². The molecule has 19 heteroatoms. The second kappa shape index (κ2) is 60.7. The van der Waals surface area contributed by atoms with Crippen LogP contribution in [0.1, 0.15) is 351 Å². The number of aliphatic hydroxyl groups excluding tert-OH is 1. The van der Waals surface area contributed by atoms with Gasteiger partial charge in [-0.2, -0.15) is 0 Å². The Labute approximate surface area is 549 Å². The number of unbranched alkanes of at least 4 members (excludes halogenated alkanes) is 33. The normalized spacial score (nSPS) is 14.6. The summed E-state index contributed by atoms with van der Waals surface area (Å²) in [5.41, 5.74) is 0. The SMILES string of the molecule is CCC(C)CCCCCCCCCCCCC(=O)O[C@H](COC(=O)CCCCCCCCCC(C)C)COP(=O)(O)OCC(O)COP(=O)(O)OC[C@@H](COC(=O)CCCCCCCCCCCCCCCC(C)C)OC(=O)CCCCCCCCCC(C)C. The maximum Gasteiger partial charge on any atom is 0.472 e. The molecule has 0 spiro atoms. The van der Waals surface area contributed by atoms with E-state index in [1.807, 2.05) is 0 Å². The van der Waals surface area contributed by atoms with E-state index in [1.165, 1.54) is 148 Å². The Kier molecular flexibility index (Phi) is 59.4. The molecule has 0 aliphatic heterocycles. The van der Waals surface area contributed by atoms with Gasteiger partial charge in [0.25, 0.3) is 0 Å². The smallest absolute Gasteiger partial charge is 0.462 e. The monoisotopic (exact) mass is 1320 g/mol. The lowest BCUT2D eigenvalue weighted by molar-refractivity contribution is -0.161. The second-order valence-corrected chi connectivity index (χ2v) is 30.2. The summed E-state index contributed by atoms with van der Waals surface area (Å²) in [6.45, 7) is 14.1. The van der Waals surface area contributed by atoms with Crippen molar-refractivity contribution in [1.82, 2.24) is 0 Å². The molecule has 17 nitrogen and oxygen atoms in total. The third-order valence-electron chi connectivity index (χ3n) is 16.7. The molecule has 90 heavy (non-hydrogen) atoms. The number of phosphoric ester groups is 2. The average molecular weight is 1330 g/mol. The van der Waals surface area contributed by atoms with Gasteiger partial charge in [0.1, 0.15) is 19.3 Å². The first kappa shape index (κ1) is 88.1. The van der Waals surface area contributed by atoms with Crippen LogP contribution in [0.2, 0.25) is 0 Å². The van der Waals surface area contributed by atoms with Crippen molar-refractivity contribution < 1.29 is 80.2 Å². The first-order valence-corrected chi connectivity index (χ1v) is 39.7. The Morgan fingerprint density at radius 1 is 0.311 bits per heavy atom. The fourth-order valence-electron chi connectivity index (χ4n) is 10.6. The van der Waals surface area contributed by atoms with Crippen molar-refractivity contribution in [2.75, 3.05) is 39.6 Å². The van der Waals surface area contributed by atoms with Crippen molar-refractivity contribution in [2.45, 2.75) is 369 Å². The predicted molar refractivity (Wildman–Crippen MR) is 363 cm³/mol. The molecule has 534 valence electrons. The zero-order valence-corrected chi connectivity index (χ0v) is 60.6. The van der Waals surface area contributed by atoms with Crippen LogP contribution in [0.3, 0.4) is 0 Å². The highest BCUT2D eigenvalue weighted by Gasteiger charge is 2.30. The van der Waals surface area contributed by atoms with Crippen molar-refractivity contribution in [1.29, 1.82) is 0 Å². The van der Waals surface area contributed by atoms with Gasteiger partial charge in [-0.25, -0.2) is 9.13 Å². The summed E-state index contributed by atoms with van der Waals surface area (Å²) in [5, 5.41) is 10.6. The van der Waals surface area contributed by atoms with Crippen molar-refractivity contribution in [2.24, 2.45) is 23.7 Å². The molecule has 0 aromatic carbocycles. The molecule has 0 aromatic rings. The van der Waals surface area contributed by atoms with E-state index in [0.29, 0.717) is 37.5 Å². The van der Waals surface area contributed by atoms with Crippen LogP contribution >= 0.6 is 15.6 Å². The number of carbonyl (C=O) groups excluding carboxylic acids is 4. The van der Waals surface area contributed by atoms with E-state index in [1.54, 1.807) is 0 Å². The van der Waals surface area contributed by atoms with Crippen molar-refractivity contribution >= 4 is 39.5 Å². The van der Waals surface area contributed by atoms with Gasteiger partial charge >= 0.3 is 39.5 Å². The van der Waals surface area contributed by atoms with Crippen LogP contribution in [0.25, 0.3) is 0 Å². The highest BCUT2D eigenvalue weighted by Crippen LogP contribution is 2.45. The zero-order valence-electron chi connectivity index (χ0n) is 58.8. The van der Waals surface area contributed by atoms with Gasteiger partial charge in [-0.15, -0.1) is 0 Å². The van der Waals surface area contributed by atoms with Crippen molar-refractivity contribution in [3.63, 3.8) is 0 Å². The van der Waals surface area contributed by atoms with Crippen LogP contribution in [0.5, 0.6) is 0 Å². The molecule has 0 aliphatic rings. The fraction of sp³-hybridized carbons (Fsp3) is 0.944. The molecule has 0 bridgehead atoms. The number of rotatable bonds is 68. The first-order valence-electron chi connectivity index (χ1n) is 36.7. The topological polar surface area (TPSA) is 237 Å². The highest BCUT2D eigenvalue weighted by atomic mass is 31.2. The van der Waals surface area contributed by atoms with Crippen LogP contribution in [-0.2, 0) is 65.4 Å². The zero-order chi connectivity index (χ0) is 66.8. The van der Waals surface area contributed by atoms with Gasteiger partial charge in [0, 0.05) is 25.7 Å². The van der Waals surface area contributed by atoms with Crippen LogP contribution in [0.4, 0.5) is 0 Å². The Morgan fingerprint density at radius 2 is 0.533 bits per heavy atom. The molecular weight excluding hydrogens is 1190 g/mol. The van der Waals surface area contributed by atoms with Crippen molar-refractivity contribution in [3.8, 4) is 0 Å². The molecule has 0 saturated carbocycles. The van der Waals surface area contributed by atoms with E-state index >= 15 is 0 Å². The van der Waals surface area contributed by atoms with Crippen LogP contribution in [-0.4, -0.2) is 96.7 Å². The molecule has 0 fully saturated rings. The average Bonchev–Trinajstić information content (AvgIpc) is 3.66. The molecule has 0 amide bonds. The van der Waals surface area contributed by atoms with E-state index in [-0.39, 0.29) is 25.7 Å². The summed E-state index contributed by atoms with van der Waals surface area (Å²) in [6.07, 6.45) is 43.2. The maximum absolute atomic E-state index is 13.0. The Morgan fingerprint density at radius 3 is 0.789 bits per heavy atom. The predicted octanol–water partition coefficient (Wildman–Crippen LogP) is 20.1. The van der Waals surface area contributed by atoms with Gasteiger partial charge in [-0.1, -0.05) is 299 Å². The van der Waals surface area contributed by atoms with Crippen molar-refractivity contribution in [3.05, 3.63) is 0 Å². The van der Waals surface area contributed by atoms with Gasteiger partial charge < -0.3 is 33.8 Å². The number of ether oxygens (including phenoxy) is 4. The van der Waals surface area contributed by atoms with Crippen LogP contribution in [0, 0.1) is 23.7 Å². The maximum atomic E-state index is 13.0. The number of aliphatic hydroxyl groups is 1. The molecular formula is C71H138O17P2. The minimum Gasteiger partial charge on any atom is -0.462 e. The molecule has 4 unspecified atom stereocenters. The Hall–Kier alpha value is -1.94. The lowest BCUT2D eigenvalue weighted by atomic mass is 9.99. The summed E-state index contributed by atoms with van der Waals surface area (Å²) in [7, 11) is -9.90. The van der Waals surface area contributed by atoms with Crippen LogP contribution < -0.4 is 0 Å². The molecule has 0 heterocycles. The van der Waals surface area contributed by atoms with Gasteiger partial charge in [0.2, 0.25) is 0 Å². The Bertz CT molecular complexity index is 1780. The number of hydrogen-bond acceptors (Lipinski definition) is 15. The van der Waals surface area contributed by atoms with Gasteiger partial charge in [0.05, 0.1) is 26.4 Å². The van der Waals surface area contributed by atoms with Gasteiger partial charge in [-0.3, -0.25) is 37.3 Å². The molecule has 0 aliphatic carbocycles. The first-order chi connectivity index (χ1) is 43.1. The number of esters is 4. The number of hydrogen-bond donors (Lipinski definition) is 3. The summed E-state index contributed by atoms with van der Waals surface area (Å²) in [5.74, 6) is 0.864. The minimum absolute atomic E-state index is 0.103. The third-order valence-corrected chi connectivity index (χ3v) is 18.6. The summed E-state index contributed by atoms with van der Waals surface area (Å²) in [6, 6.07) is 0. The summed E-state index contributed by atoms with van der Waals surface area (Å²) < 4.78 is 68.3. The van der Waals surface area contributed by atoms with E-state index in [9.17, 15) is 43.2 Å². The highest BCUT2D eigenvalue weighted by molar-refractivity contribution is 7.47. The molecule has 3 N–H and O–H groups in total. The molecule has 6 atom stereocenters. The lowest BCUT2D eigenvalue weighted by Gasteiger charge is -2.21. The molecule has 0 radical (unpaired) electrons. The molecule has 0 aromatic heterocycles. The largest absolute Gasteiger partial charge is 0.472 e. The Balaban J connectivity index is 5.22. The third kappa shape index (κ3) is 63.5. The minimum atomic E-state index is -4.95. The molecule has 0 rings (SSSR count). The number of phosphoric acid groups is 2. The van der Waals surface area contributed by atoms with E-state index in [4.69, 9.17) is 37.0 Å². The van der Waals surface area contributed by atoms with Gasteiger partial charge in [-0.05, 0) is 49.4 Å². The lowest BCUT2D eigenvalue weighted by Crippen LogP contribution is -2.30. The van der Waals surface area contributed by atoms with Crippen LogP contribution in [0.15, 0.2) is 0 Å². The molecule has 0 saturated heterocycles. The summed E-state index contributed by atoms with van der Waals surface area (Å²) in [4.78, 5) is 72.5. The van der Waals surface area contributed by atoms with E-state index in [2.05, 4.69) is 55.4 Å². The van der Waals surface area contributed by atoms with Gasteiger partial charge in [0.15, 0.2) is 12.2 Å². The fourth-order valence-corrected chi connectivity index (χ4v) is 12.2. The quantitative estimate of drug-likeness (QED) is 0.0222. The van der Waals surface area contributed by atoms with E-state index < -0.39 is 97.5 Å². The standard InChI is InChI=1S/C71H138O17P2/c1-9-64(8)50-42-34-26-18-15-16-20-28-37-45-53-70(75)87-66(58-82-69(74)52-44-36-29-21-24-32-40-48-62(4)5)59-85-89(77,78)83-55-65(72)56-84-90(79,80)86-60-67(88-71(76)54-46-38-30-22-25-33-41-49-63(6)7)57-81-68(73)51-43-35-27-19-14-12-10-11-13-17-23-31-39-47-61(2)3/h61-67,72H,9-60H2,1-8H3,(H,77,78)(H,79,80)/t64?,65?,66-,67-/m1/s1. The number of carbonyl (C=O) groups is 4. The summed E-state index contributed by atoms with van der Waals surface area (Å²) >= 11 is 0. The second-order valence-electron chi connectivity index (χ2n) is 27.3.